The summed E-state index contributed by atoms with van der Waals surface area (Å²) in [7, 11) is 0. The van der Waals surface area contributed by atoms with Crippen molar-refractivity contribution in [2.75, 3.05) is 0 Å². The van der Waals surface area contributed by atoms with Crippen molar-refractivity contribution in [1.29, 1.82) is 0 Å². The summed E-state index contributed by atoms with van der Waals surface area (Å²) in [4.78, 5) is 0. The van der Waals surface area contributed by atoms with Crippen molar-refractivity contribution in [2.24, 2.45) is 10.8 Å². The molecular formula is C36H26. The van der Waals surface area contributed by atoms with Gasteiger partial charge in [0.2, 0.25) is 0 Å². The lowest BCUT2D eigenvalue weighted by atomic mass is 9.72. The van der Waals surface area contributed by atoms with Gasteiger partial charge in [-0.05, 0) is 135 Å². The minimum atomic E-state index is -0.0377. The van der Waals surface area contributed by atoms with E-state index >= 15 is 0 Å². The summed E-state index contributed by atoms with van der Waals surface area (Å²) in [5, 5.41) is 0. The molecule has 0 aromatic heterocycles. The molecule has 0 heterocycles. The fourth-order valence-electron chi connectivity index (χ4n) is 8.63. The van der Waals surface area contributed by atoms with Crippen molar-refractivity contribution in [1.82, 2.24) is 0 Å². The number of hydrogen-bond acceptors (Lipinski definition) is 0. The van der Waals surface area contributed by atoms with Gasteiger partial charge in [-0.25, -0.2) is 0 Å². The van der Waals surface area contributed by atoms with Gasteiger partial charge in [0, 0.05) is 0 Å². The zero-order valence-corrected chi connectivity index (χ0v) is 21.1. The van der Waals surface area contributed by atoms with Crippen LogP contribution in [0.1, 0.15) is 38.8 Å². The molecule has 1 aromatic carbocycles. The van der Waals surface area contributed by atoms with Gasteiger partial charge < -0.3 is 0 Å². The first-order valence-electron chi connectivity index (χ1n) is 13.1. The molecular weight excluding hydrogens is 432 g/mol. The van der Waals surface area contributed by atoms with Crippen molar-refractivity contribution in [3.8, 4) is 0 Å². The molecule has 0 N–H and O–H groups in total. The molecule has 8 aliphatic carbocycles. The third kappa shape index (κ3) is 1.71. The monoisotopic (exact) mass is 458 g/mol. The SMILES string of the molecule is CC1=C2C=C(c3cccc(C4=CC5=C(C)C(C)=C4C54C5=CC=C4C=C5)c3)C(=C1C)C21C2=CC=C1C=C2. The van der Waals surface area contributed by atoms with Gasteiger partial charge in [0.05, 0.1) is 10.8 Å². The Morgan fingerprint density at radius 3 is 1.25 bits per heavy atom. The van der Waals surface area contributed by atoms with Crippen molar-refractivity contribution < 1.29 is 0 Å². The van der Waals surface area contributed by atoms with Gasteiger partial charge in [-0.1, -0.05) is 66.8 Å². The van der Waals surface area contributed by atoms with E-state index < -0.39 is 0 Å². The molecule has 0 saturated carbocycles. The molecule has 8 aliphatic rings. The Labute approximate surface area is 212 Å². The fourth-order valence-corrected chi connectivity index (χ4v) is 8.63. The van der Waals surface area contributed by atoms with E-state index in [2.05, 4.69) is 113 Å². The van der Waals surface area contributed by atoms with Crippen LogP contribution < -0.4 is 0 Å². The molecule has 0 amide bonds. The molecule has 9 rings (SSSR count). The van der Waals surface area contributed by atoms with Crippen LogP contribution in [0.2, 0.25) is 0 Å². The molecule has 0 atom stereocenters. The minimum absolute atomic E-state index is 0.0377. The first kappa shape index (κ1) is 19.3. The van der Waals surface area contributed by atoms with Crippen molar-refractivity contribution in [3.05, 3.63) is 163 Å². The van der Waals surface area contributed by atoms with Gasteiger partial charge in [-0.3, -0.25) is 0 Å². The largest absolute Gasteiger partial charge is 0.0713 e. The maximum absolute atomic E-state index is 2.49. The predicted octanol–water partition coefficient (Wildman–Crippen LogP) is 8.62. The lowest BCUT2D eigenvalue weighted by Gasteiger charge is -2.28. The van der Waals surface area contributed by atoms with Crippen LogP contribution in [-0.2, 0) is 0 Å². The van der Waals surface area contributed by atoms with E-state index in [1.54, 1.807) is 0 Å². The molecule has 1 aromatic rings. The quantitative estimate of drug-likeness (QED) is 0.416. The van der Waals surface area contributed by atoms with Crippen LogP contribution in [0, 0.1) is 10.8 Å². The van der Waals surface area contributed by atoms with Crippen LogP contribution in [0.4, 0.5) is 0 Å². The number of allylic oxidation sites excluding steroid dienone is 24. The topological polar surface area (TPSA) is 0 Å². The summed E-state index contributed by atoms with van der Waals surface area (Å²) in [6, 6.07) is 9.34. The highest BCUT2D eigenvalue weighted by Crippen LogP contribution is 2.70. The second kappa shape index (κ2) is 5.73. The molecule has 0 aliphatic heterocycles. The normalized spacial score (nSPS) is 26.0. The van der Waals surface area contributed by atoms with Gasteiger partial charge in [0.25, 0.3) is 0 Å². The molecule has 0 unspecified atom stereocenters. The highest BCUT2D eigenvalue weighted by Gasteiger charge is 2.57. The number of benzene rings is 1. The van der Waals surface area contributed by atoms with E-state index in [9.17, 15) is 0 Å². The van der Waals surface area contributed by atoms with Crippen molar-refractivity contribution >= 4 is 11.1 Å². The Kier molecular flexibility index (Phi) is 3.08. The van der Waals surface area contributed by atoms with E-state index in [1.807, 2.05) is 0 Å². The standard InChI is InChI=1S/C36H26/c1-19-21(3)33-29(17-31(19)35(33)25-8-9-26(35)11-10-25)23-6-5-7-24(16-23)30-18-32-20(2)22(4)34(30)36(32)27-12-13-28(36)15-14-27/h5-18H,1-4H3. The van der Waals surface area contributed by atoms with Crippen LogP contribution in [0.3, 0.4) is 0 Å². The van der Waals surface area contributed by atoms with E-state index in [-0.39, 0.29) is 10.8 Å². The van der Waals surface area contributed by atoms with Crippen LogP contribution in [-0.4, -0.2) is 0 Å². The lowest BCUT2D eigenvalue weighted by Crippen LogP contribution is -2.19. The third-order valence-corrected chi connectivity index (χ3v) is 10.3. The molecule has 170 valence electrons. The number of rotatable bonds is 2. The summed E-state index contributed by atoms with van der Waals surface area (Å²) in [6.07, 6.45) is 23.6. The molecule has 0 saturated heterocycles. The first-order valence-corrected chi connectivity index (χ1v) is 13.1. The summed E-state index contributed by atoms with van der Waals surface area (Å²) >= 11 is 0. The zero-order chi connectivity index (χ0) is 24.1. The van der Waals surface area contributed by atoms with Crippen LogP contribution in [0.15, 0.2) is 152 Å². The molecule has 0 fully saturated rings. The predicted molar refractivity (Wildman–Crippen MR) is 149 cm³/mol. The zero-order valence-electron chi connectivity index (χ0n) is 21.1. The molecule has 36 heavy (non-hydrogen) atoms. The maximum atomic E-state index is 2.49. The van der Waals surface area contributed by atoms with E-state index in [0.717, 1.165) is 0 Å². The highest BCUT2D eigenvalue weighted by atomic mass is 14.6. The molecule has 8 bridgehead atoms. The summed E-state index contributed by atoms with van der Waals surface area (Å²) < 4.78 is 0. The van der Waals surface area contributed by atoms with Crippen LogP contribution >= 0.6 is 0 Å². The average molecular weight is 459 g/mol. The average Bonchev–Trinajstić information content (AvgIpc) is 3.78. The van der Waals surface area contributed by atoms with Gasteiger partial charge in [-0.2, -0.15) is 0 Å². The van der Waals surface area contributed by atoms with Crippen molar-refractivity contribution in [2.45, 2.75) is 27.7 Å². The van der Waals surface area contributed by atoms with E-state index in [0.29, 0.717) is 0 Å². The molecule has 0 nitrogen and oxygen atoms in total. The first-order chi connectivity index (χ1) is 17.5. The van der Waals surface area contributed by atoms with Gasteiger partial charge in [-0.15, -0.1) is 0 Å². The minimum Gasteiger partial charge on any atom is -0.0610 e. The van der Waals surface area contributed by atoms with Crippen LogP contribution in [0.25, 0.3) is 11.1 Å². The Bertz CT molecular complexity index is 1650. The summed E-state index contributed by atoms with van der Waals surface area (Å²) in [5.74, 6) is 0. The Balaban J connectivity index is 1.19. The molecule has 0 radical (unpaired) electrons. The second-order valence-corrected chi connectivity index (χ2v) is 11.4. The Morgan fingerprint density at radius 1 is 0.500 bits per heavy atom. The Hall–Kier alpha value is -3.90. The van der Waals surface area contributed by atoms with Crippen molar-refractivity contribution in [3.63, 3.8) is 0 Å². The fraction of sp³-hybridized carbons (Fsp3) is 0.167. The summed E-state index contributed by atoms with van der Waals surface area (Å²) in [5.41, 5.74) is 23.0. The second-order valence-electron chi connectivity index (χ2n) is 11.4. The van der Waals surface area contributed by atoms with E-state index in [1.165, 1.54) is 89.2 Å². The Morgan fingerprint density at radius 2 is 0.889 bits per heavy atom. The third-order valence-electron chi connectivity index (χ3n) is 10.3. The van der Waals surface area contributed by atoms with Gasteiger partial charge in [0.1, 0.15) is 0 Å². The van der Waals surface area contributed by atoms with E-state index in [4.69, 9.17) is 0 Å². The molecule has 2 spiro atoms. The van der Waals surface area contributed by atoms with Crippen LogP contribution in [0.5, 0.6) is 0 Å². The lowest BCUT2D eigenvalue weighted by molar-refractivity contribution is 0.735. The number of hydrogen-bond donors (Lipinski definition) is 0. The van der Waals surface area contributed by atoms with Gasteiger partial charge >= 0.3 is 0 Å². The highest BCUT2D eigenvalue weighted by molar-refractivity contribution is 6.02. The smallest absolute Gasteiger partial charge is 0.0610 e. The van der Waals surface area contributed by atoms with Gasteiger partial charge in [0.15, 0.2) is 0 Å². The summed E-state index contributed by atoms with van der Waals surface area (Å²) in [6.45, 7) is 9.26. The maximum Gasteiger partial charge on any atom is 0.0713 e. The molecule has 0 heteroatoms.